The first-order valence-electron chi connectivity index (χ1n) is 10.1. The van der Waals surface area contributed by atoms with Crippen molar-refractivity contribution in [2.24, 2.45) is 4.99 Å². The van der Waals surface area contributed by atoms with Gasteiger partial charge in [-0.3, -0.25) is 9.79 Å². The number of amides is 1. The first-order chi connectivity index (χ1) is 14.2. The van der Waals surface area contributed by atoms with Crippen molar-refractivity contribution >= 4 is 41.7 Å². The molecule has 30 heavy (non-hydrogen) atoms. The molecule has 3 rings (SSSR count). The molecule has 162 valence electrons. The number of anilines is 1. The van der Waals surface area contributed by atoms with E-state index >= 15 is 0 Å². The zero-order valence-corrected chi connectivity index (χ0v) is 19.9. The van der Waals surface area contributed by atoms with Gasteiger partial charge in [0, 0.05) is 51.5 Å². The summed E-state index contributed by atoms with van der Waals surface area (Å²) in [5.41, 5.74) is 1.81. The molecule has 0 spiro atoms. The Bertz CT molecular complexity index is 821. The number of guanidine groups is 1. The van der Waals surface area contributed by atoms with E-state index in [1.165, 1.54) is 0 Å². The molecule has 0 unspecified atom stereocenters. The fraction of sp³-hybridized carbons (Fsp3) is 0.409. The van der Waals surface area contributed by atoms with Crippen molar-refractivity contribution in [2.75, 3.05) is 38.6 Å². The van der Waals surface area contributed by atoms with E-state index in [-0.39, 0.29) is 29.9 Å². The highest BCUT2D eigenvalue weighted by Gasteiger charge is 2.20. The second-order valence-electron chi connectivity index (χ2n) is 7.12. The summed E-state index contributed by atoms with van der Waals surface area (Å²) < 4.78 is 0. The van der Waals surface area contributed by atoms with E-state index < -0.39 is 0 Å². The van der Waals surface area contributed by atoms with E-state index in [4.69, 9.17) is 0 Å². The largest absolute Gasteiger partial charge is 0.356 e. The van der Waals surface area contributed by atoms with Crippen molar-refractivity contribution in [3.63, 3.8) is 0 Å². The molecule has 1 fully saturated rings. The fourth-order valence-corrected chi connectivity index (χ4v) is 3.52. The normalized spacial score (nSPS) is 14.6. The highest BCUT2D eigenvalue weighted by molar-refractivity contribution is 14.0. The fourth-order valence-electron chi connectivity index (χ4n) is 3.52. The van der Waals surface area contributed by atoms with E-state index in [0.717, 1.165) is 56.2 Å². The number of nitrogens with zero attached hydrogens (tertiary/aromatic N) is 3. The maximum absolute atomic E-state index is 11.8. The minimum Gasteiger partial charge on any atom is -0.356 e. The van der Waals surface area contributed by atoms with Crippen LogP contribution in [-0.4, -0.2) is 56.6 Å². The third-order valence-electron chi connectivity index (χ3n) is 5.16. The summed E-state index contributed by atoms with van der Waals surface area (Å²) in [5, 5.41) is 9.57. The molecule has 1 aliphatic heterocycles. The molecule has 1 aromatic carbocycles. The second kappa shape index (κ2) is 12.4. The van der Waals surface area contributed by atoms with Gasteiger partial charge in [-0.25, -0.2) is 4.98 Å². The summed E-state index contributed by atoms with van der Waals surface area (Å²) in [6.45, 7) is 2.72. The van der Waals surface area contributed by atoms with Crippen molar-refractivity contribution in [1.29, 1.82) is 0 Å². The van der Waals surface area contributed by atoms with Crippen molar-refractivity contribution in [1.82, 2.24) is 20.9 Å². The molecule has 0 saturated carbocycles. The molecule has 8 heteroatoms. The number of carbonyl (C=O) groups is 1. The van der Waals surface area contributed by atoms with E-state index in [2.05, 4.69) is 36.9 Å². The van der Waals surface area contributed by atoms with Gasteiger partial charge >= 0.3 is 0 Å². The number of pyridine rings is 1. The number of aromatic nitrogens is 1. The number of nitrogens with one attached hydrogen (secondary N) is 3. The molecular formula is C22H31IN6O. The standard InChI is InChI=1S/C22H30N6O.HI/c1-23-21(29)18-7-5-6-17(16-18)9-13-26-22(24-2)27-19-10-14-28(15-11-19)20-8-3-4-12-25-20;/h3-8,12,16,19H,9-11,13-15H2,1-2H3,(H,23,29)(H2,24,26,27);1H. The maximum Gasteiger partial charge on any atom is 0.251 e. The average Bonchev–Trinajstić information content (AvgIpc) is 2.79. The van der Waals surface area contributed by atoms with E-state index in [9.17, 15) is 4.79 Å². The van der Waals surface area contributed by atoms with Gasteiger partial charge in [-0.15, -0.1) is 24.0 Å². The van der Waals surface area contributed by atoms with E-state index in [1.807, 2.05) is 42.6 Å². The Hall–Kier alpha value is -2.36. The number of aliphatic imine (C=N–C) groups is 1. The van der Waals surface area contributed by atoms with Crippen LogP contribution in [0.3, 0.4) is 0 Å². The summed E-state index contributed by atoms with van der Waals surface area (Å²) in [7, 11) is 3.44. The van der Waals surface area contributed by atoms with E-state index in [1.54, 1.807) is 14.1 Å². The summed E-state index contributed by atoms with van der Waals surface area (Å²) in [5.74, 6) is 1.81. The zero-order valence-electron chi connectivity index (χ0n) is 17.6. The maximum atomic E-state index is 11.8. The molecule has 0 radical (unpaired) electrons. The predicted molar refractivity (Wildman–Crippen MR) is 133 cm³/mol. The Morgan fingerprint density at radius 3 is 2.67 bits per heavy atom. The molecule has 7 nitrogen and oxygen atoms in total. The highest BCUT2D eigenvalue weighted by atomic mass is 127. The first kappa shape index (κ1) is 23.9. The van der Waals surface area contributed by atoms with Crippen molar-refractivity contribution in [2.45, 2.75) is 25.3 Å². The topological polar surface area (TPSA) is 81.6 Å². The van der Waals surface area contributed by atoms with Gasteiger partial charge in [0.2, 0.25) is 0 Å². The van der Waals surface area contributed by atoms with Crippen LogP contribution in [0, 0.1) is 0 Å². The van der Waals surface area contributed by atoms with Gasteiger partial charge in [0.25, 0.3) is 5.91 Å². The molecule has 0 atom stereocenters. The Morgan fingerprint density at radius 2 is 2.00 bits per heavy atom. The highest BCUT2D eigenvalue weighted by Crippen LogP contribution is 2.17. The van der Waals surface area contributed by atoms with Crippen molar-refractivity contribution < 1.29 is 4.79 Å². The number of halogens is 1. The quantitative estimate of drug-likeness (QED) is 0.309. The van der Waals surface area contributed by atoms with Crippen LogP contribution in [0.15, 0.2) is 53.7 Å². The van der Waals surface area contributed by atoms with Crippen molar-refractivity contribution in [3.05, 3.63) is 59.8 Å². The third-order valence-corrected chi connectivity index (χ3v) is 5.16. The van der Waals surface area contributed by atoms with Crippen LogP contribution in [0.4, 0.5) is 5.82 Å². The summed E-state index contributed by atoms with van der Waals surface area (Å²) in [6, 6.07) is 14.2. The number of carbonyl (C=O) groups excluding carboxylic acids is 1. The van der Waals surface area contributed by atoms with Gasteiger partial charge in [-0.2, -0.15) is 0 Å². The molecular weight excluding hydrogens is 491 g/mol. The Morgan fingerprint density at radius 1 is 1.20 bits per heavy atom. The van der Waals surface area contributed by atoms with Crippen LogP contribution in [-0.2, 0) is 6.42 Å². The molecule has 1 saturated heterocycles. The lowest BCUT2D eigenvalue weighted by Crippen LogP contribution is -2.49. The van der Waals surface area contributed by atoms with Crippen LogP contribution in [0.5, 0.6) is 0 Å². The number of piperidine rings is 1. The lowest BCUT2D eigenvalue weighted by atomic mass is 10.1. The predicted octanol–water partition coefficient (Wildman–Crippen LogP) is 2.44. The van der Waals surface area contributed by atoms with Crippen LogP contribution in [0.25, 0.3) is 0 Å². The van der Waals surface area contributed by atoms with Gasteiger partial charge in [0.05, 0.1) is 0 Å². The molecule has 3 N–H and O–H groups in total. The lowest BCUT2D eigenvalue weighted by Gasteiger charge is -2.33. The Kier molecular flexibility index (Phi) is 9.85. The first-order valence-corrected chi connectivity index (χ1v) is 10.1. The van der Waals surface area contributed by atoms with Gasteiger partial charge in [-0.1, -0.05) is 18.2 Å². The zero-order chi connectivity index (χ0) is 20.5. The summed E-state index contributed by atoms with van der Waals surface area (Å²) in [4.78, 5) is 22.9. The molecule has 1 aliphatic rings. The Labute approximate surface area is 195 Å². The number of rotatable bonds is 6. The number of benzene rings is 1. The molecule has 1 amide bonds. The summed E-state index contributed by atoms with van der Waals surface area (Å²) >= 11 is 0. The molecule has 2 aromatic rings. The second-order valence-corrected chi connectivity index (χ2v) is 7.12. The molecule has 0 bridgehead atoms. The third kappa shape index (κ3) is 6.86. The Balaban J connectivity index is 0.00000320. The van der Waals surface area contributed by atoms with Gasteiger partial charge in [-0.05, 0) is 49.1 Å². The van der Waals surface area contributed by atoms with Gasteiger partial charge in [0.15, 0.2) is 5.96 Å². The van der Waals surface area contributed by atoms with Crippen LogP contribution >= 0.6 is 24.0 Å². The SMILES string of the molecule is CN=C(NCCc1cccc(C(=O)NC)c1)NC1CCN(c2ccccn2)CC1.I. The smallest absolute Gasteiger partial charge is 0.251 e. The number of hydrogen-bond acceptors (Lipinski definition) is 4. The van der Waals surface area contributed by atoms with Gasteiger partial charge < -0.3 is 20.9 Å². The van der Waals surface area contributed by atoms with Crippen molar-refractivity contribution in [3.8, 4) is 0 Å². The van der Waals surface area contributed by atoms with Crippen LogP contribution in [0.1, 0.15) is 28.8 Å². The molecule has 0 aliphatic carbocycles. The van der Waals surface area contributed by atoms with Gasteiger partial charge in [0.1, 0.15) is 5.82 Å². The van der Waals surface area contributed by atoms with Crippen LogP contribution in [0.2, 0.25) is 0 Å². The molecule has 2 heterocycles. The van der Waals surface area contributed by atoms with E-state index in [0.29, 0.717) is 11.6 Å². The monoisotopic (exact) mass is 522 g/mol. The molecule has 1 aromatic heterocycles. The number of hydrogen-bond donors (Lipinski definition) is 3. The minimum atomic E-state index is -0.0608. The summed E-state index contributed by atoms with van der Waals surface area (Å²) in [6.07, 6.45) is 4.76. The minimum absolute atomic E-state index is 0. The average molecular weight is 522 g/mol. The van der Waals surface area contributed by atoms with Crippen LogP contribution < -0.4 is 20.9 Å². The lowest BCUT2D eigenvalue weighted by molar-refractivity contribution is 0.0963.